The molecule has 1 aliphatic rings. The van der Waals surface area contributed by atoms with Crippen LogP contribution in [0.1, 0.15) is 11.1 Å². The van der Waals surface area contributed by atoms with Gasteiger partial charge in [-0.1, -0.05) is 12.1 Å². The maximum atomic E-state index is 8.72. The minimum Gasteiger partial charge on any atom is -0.379 e. The second-order valence-electron chi connectivity index (χ2n) is 4.81. The summed E-state index contributed by atoms with van der Waals surface area (Å²) in [5.74, 6) is 0. The summed E-state index contributed by atoms with van der Waals surface area (Å²) in [5, 5.41) is 16.4. The van der Waals surface area contributed by atoms with Crippen molar-refractivity contribution in [3.05, 3.63) is 35.4 Å². The van der Waals surface area contributed by atoms with Crippen LogP contribution in [-0.2, 0) is 4.74 Å². The van der Waals surface area contributed by atoms with Gasteiger partial charge in [-0.2, -0.15) is 10.4 Å². The number of rotatable bonds is 5. The minimum atomic E-state index is 0.498. The summed E-state index contributed by atoms with van der Waals surface area (Å²) in [6.45, 7) is 5.26. The molecule has 0 bridgehead atoms. The summed E-state index contributed by atoms with van der Waals surface area (Å²) in [5.41, 5.74) is 4.31. The maximum Gasteiger partial charge on any atom is 0.187 e. The van der Waals surface area contributed by atoms with Gasteiger partial charge in [0.2, 0.25) is 0 Å². The Kier molecular flexibility index (Phi) is 6.77. The molecule has 2 N–H and O–H groups in total. The number of hydrazone groups is 1. The van der Waals surface area contributed by atoms with Gasteiger partial charge >= 0.3 is 0 Å². The van der Waals surface area contributed by atoms with Crippen LogP contribution >= 0.6 is 12.2 Å². The zero-order valence-electron chi connectivity index (χ0n) is 12.3. The molecule has 1 aromatic carbocycles. The van der Waals surface area contributed by atoms with Crippen LogP contribution in [0.25, 0.3) is 0 Å². The molecule has 7 heteroatoms. The van der Waals surface area contributed by atoms with Gasteiger partial charge in [0.1, 0.15) is 0 Å². The highest BCUT2D eigenvalue weighted by molar-refractivity contribution is 7.80. The molecule has 1 fully saturated rings. The van der Waals surface area contributed by atoms with E-state index in [0.29, 0.717) is 10.7 Å². The predicted octanol–water partition coefficient (Wildman–Crippen LogP) is 0.688. The number of ether oxygens (including phenoxy) is 1. The zero-order valence-corrected chi connectivity index (χ0v) is 13.1. The van der Waals surface area contributed by atoms with E-state index in [1.165, 1.54) is 0 Å². The molecule has 0 aliphatic carbocycles. The molecule has 1 saturated heterocycles. The first-order valence-electron chi connectivity index (χ1n) is 7.15. The zero-order chi connectivity index (χ0) is 15.6. The smallest absolute Gasteiger partial charge is 0.187 e. The molecule has 0 radical (unpaired) electrons. The van der Waals surface area contributed by atoms with Crippen molar-refractivity contribution in [2.45, 2.75) is 0 Å². The first kappa shape index (κ1) is 16.4. The van der Waals surface area contributed by atoms with Crippen molar-refractivity contribution in [1.82, 2.24) is 15.6 Å². The topological polar surface area (TPSA) is 72.7 Å². The number of nitrogens with zero attached hydrogens (tertiary/aromatic N) is 3. The summed E-state index contributed by atoms with van der Waals surface area (Å²) >= 11 is 5.15. The molecule has 0 atom stereocenters. The molecule has 1 heterocycles. The molecule has 0 spiro atoms. The lowest BCUT2D eigenvalue weighted by molar-refractivity contribution is 0.0389. The molecule has 0 aromatic heterocycles. The van der Waals surface area contributed by atoms with E-state index >= 15 is 0 Å². The highest BCUT2D eigenvalue weighted by Gasteiger charge is 2.09. The predicted molar refractivity (Wildman–Crippen MR) is 89.7 cm³/mol. The summed E-state index contributed by atoms with van der Waals surface area (Å²) in [6.07, 6.45) is 1.66. The molecular weight excluding hydrogens is 298 g/mol. The molecule has 2 rings (SSSR count). The number of nitriles is 1. The third-order valence-corrected chi connectivity index (χ3v) is 3.47. The van der Waals surface area contributed by atoms with Gasteiger partial charge in [-0.15, -0.1) is 0 Å². The van der Waals surface area contributed by atoms with Gasteiger partial charge in [-0.3, -0.25) is 10.3 Å². The number of thiocarbonyl (C=S) groups is 1. The monoisotopic (exact) mass is 317 g/mol. The van der Waals surface area contributed by atoms with E-state index in [9.17, 15) is 0 Å². The quantitative estimate of drug-likeness (QED) is 0.473. The SMILES string of the molecule is N#Cc1ccc(/C=N\NC(=S)NCCN2CCOCC2)cc1. The lowest BCUT2D eigenvalue weighted by atomic mass is 10.2. The highest BCUT2D eigenvalue weighted by Crippen LogP contribution is 2.00. The Morgan fingerprint density at radius 3 is 2.77 bits per heavy atom. The molecule has 22 heavy (non-hydrogen) atoms. The lowest BCUT2D eigenvalue weighted by Crippen LogP contribution is -2.42. The standard InChI is InChI=1S/C15H19N5OS/c16-11-13-1-3-14(4-2-13)12-18-19-15(22)17-5-6-20-7-9-21-10-8-20/h1-4,12H,5-10H2,(H2,17,19,22)/b18-12-. The maximum absolute atomic E-state index is 8.72. The summed E-state index contributed by atoms with van der Waals surface area (Å²) in [6, 6.07) is 9.24. The molecule has 1 aromatic rings. The molecule has 0 unspecified atom stereocenters. The Morgan fingerprint density at radius 1 is 1.36 bits per heavy atom. The van der Waals surface area contributed by atoms with Crippen molar-refractivity contribution >= 4 is 23.5 Å². The number of hydrogen-bond acceptors (Lipinski definition) is 5. The Bertz CT molecular complexity index is 546. The van der Waals surface area contributed by atoms with Crippen LogP contribution in [0.3, 0.4) is 0 Å². The van der Waals surface area contributed by atoms with Crippen LogP contribution in [0.15, 0.2) is 29.4 Å². The third-order valence-electron chi connectivity index (χ3n) is 3.24. The molecule has 6 nitrogen and oxygen atoms in total. The van der Waals surface area contributed by atoms with Gasteiger partial charge in [-0.05, 0) is 29.9 Å². The second-order valence-corrected chi connectivity index (χ2v) is 5.22. The Morgan fingerprint density at radius 2 is 2.09 bits per heavy atom. The van der Waals surface area contributed by atoms with Gasteiger partial charge in [0, 0.05) is 26.2 Å². The summed E-state index contributed by atoms with van der Waals surface area (Å²) in [4.78, 5) is 2.33. The van der Waals surface area contributed by atoms with Crippen LogP contribution < -0.4 is 10.7 Å². The molecule has 0 saturated carbocycles. The Balaban J connectivity index is 1.64. The van der Waals surface area contributed by atoms with E-state index in [0.717, 1.165) is 45.0 Å². The minimum absolute atomic E-state index is 0.498. The number of morpholine rings is 1. The van der Waals surface area contributed by atoms with Gasteiger partial charge in [0.15, 0.2) is 5.11 Å². The van der Waals surface area contributed by atoms with Crippen molar-refractivity contribution < 1.29 is 4.74 Å². The van der Waals surface area contributed by atoms with Crippen molar-refractivity contribution in [3.63, 3.8) is 0 Å². The normalized spacial score (nSPS) is 15.4. The molecule has 0 amide bonds. The van der Waals surface area contributed by atoms with Crippen molar-refractivity contribution in [1.29, 1.82) is 5.26 Å². The van der Waals surface area contributed by atoms with E-state index in [1.54, 1.807) is 18.3 Å². The first-order chi connectivity index (χ1) is 10.8. The van der Waals surface area contributed by atoms with E-state index in [4.69, 9.17) is 22.2 Å². The van der Waals surface area contributed by atoms with Crippen molar-refractivity contribution in [2.24, 2.45) is 5.10 Å². The van der Waals surface area contributed by atoms with Gasteiger partial charge in [0.25, 0.3) is 0 Å². The second kappa shape index (κ2) is 9.10. The fraction of sp³-hybridized carbons (Fsp3) is 0.400. The van der Waals surface area contributed by atoms with Crippen LogP contribution in [0.2, 0.25) is 0 Å². The van der Waals surface area contributed by atoms with Crippen LogP contribution in [0, 0.1) is 11.3 Å². The van der Waals surface area contributed by atoms with Gasteiger partial charge in [0.05, 0.1) is 31.1 Å². The molecule has 116 valence electrons. The van der Waals surface area contributed by atoms with Crippen LogP contribution in [0.5, 0.6) is 0 Å². The van der Waals surface area contributed by atoms with E-state index in [1.807, 2.05) is 12.1 Å². The summed E-state index contributed by atoms with van der Waals surface area (Å²) in [7, 11) is 0. The van der Waals surface area contributed by atoms with Crippen molar-refractivity contribution in [2.75, 3.05) is 39.4 Å². The summed E-state index contributed by atoms with van der Waals surface area (Å²) < 4.78 is 5.30. The van der Waals surface area contributed by atoms with E-state index in [2.05, 4.69) is 26.8 Å². The third kappa shape index (κ3) is 5.77. The van der Waals surface area contributed by atoms with Crippen LogP contribution in [-0.4, -0.2) is 55.6 Å². The fourth-order valence-corrected chi connectivity index (χ4v) is 2.16. The van der Waals surface area contributed by atoms with Gasteiger partial charge in [-0.25, -0.2) is 0 Å². The lowest BCUT2D eigenvalue weighted by Gasteiger charge is -2.26. The number of nitrogens with one attached hydrogen (secondary N) is 2. The average molecular weight is 317 g/mol. The fourth-order valence-electron chi connectivity index (χ4n) is 2.00. The average Bonchev–Trinajstić information content (AvgIpc) is 2.56. The van der Waals surface area contributed by atoms with E-state index < -0.39 is 0 Å². The molecular formula is C15H19N5OS. The van der Waals surface area contributed by atoms with E-state index in [-0.39, 0.29) is 0 Å². The largest absolute Gasteiger partial charge is 0.379 e. The number of hydrogen-bond donors (Lipinski definition) is 2. The number of benzene rings is 1. The Hall–Kier alpha value is -2.01. The van der Waals surface area contributed by atoms with Crippen molar-refractivity contribution in [3.8, 4) is 6.07 Å². The van der Waals surface area contributed by atoms with Gasteiger partial charge < -0.3 is 10.1 Å². The highest BCUT2D eigenvalue weighted by atomic mass is 32.1. The molecule has 1 aliphatic heterocycles. The van der Waals surface area contributed by atoms with Crippen LogP contribution in [0.4, 0.5) is 0 Å². The Labute approximate surface area is 135 Å². The first-order valence-corrected chi connectivity index (χ1v) is 7.56.